The van der Waals surface area contributed by atoms with Gasteiger partial charge in [-0.25, -0.2) is 0 Å². The van der Waals surface area contributed by atoms with Gasteiger partial charge in [0.1, 0.15) is 0 Å². The van der Waals surface area contributed by atoms with Crippen LogP contribution in [0.2, 0.25) is 5.02 Å². The van der Waals surface area contributed by atoms with E-state index in [2.05, 4.69) is 0 Å². The molecular weight excluding hydrogens is 296 g/mol. The first kappa shape index (κ1) is 15.6. The van der Waals surface area contributed by atoms with Gasteiger partial charge < -0.3 is 9.64 Å². The van der Waals surface area contributed by atoms with Crippen molar-refractivity contribution in [3.63, 3.8) is 0 Å². The van der Waals surface area contributed by atoms with Crippen LogP contribution in [0.15, 0.2) is 18.2 Å². The van der Waals surface area contributed by atoms with Gasteiger partial charge in [-0.3, -0.25) is 14.9 Å². The number of anilines is 1. The molecule has 1 atom stereocenters. The Morgan fingerprint density at radius 2 is 2.29 bits per heavy atom. The number of non-ortho nitro benzene ring substituents is 1. The molecule has 0 aromatic heterocycles. The number of ether oxygens (including phenoxy) is 1. The molecule has 0 aliphatic carbocycles. The highest BCUT2D eigenvalue weighted by molar-refractivity contribution is 6.33. The van der Waals surface area contributed by atoms with Crippen LogP contribution in [-0.2, 0) is 9.53 Å². The van der Waals surface area contributed by atoms with Crippen LogP contribution in [0.25, 0.3) is 0 Å². The maximum atomic E-state index is 11.5. The number of hydrogen-bond donors (Lipinski definition) is 0. The molecule has 1 heterocycles. The first-order chi connectivity index (χ1) is 10.0. The lowest BCUT2D eigenvalue weighted by Gasteiger charge is -2.37. The van der Waals surface area contributed by atoms with Crippen LogP contribution in [-0.4, -0.2) is 30.6 Å². The van der Waals surface area contributed by atoms with Gasteiger partial charge in [-0.15, -0.1) is 0 Å². The molecule has 0 saturated carbocycles. The predicted octanol–water partition coefficient (Wildman–Crippen LogP) is 3.17. The standard InChI is InChI=1S/C14H17ClN2O4/c1-21-14(18)9-10-4-2-3-7-16(10)13-6-5-11(17(19)20)8-12(13)15/h5-6,8,10H,2-4,7,9H2,1H3. The van der Waals surface area contributed by atoms with Gasteiger partial charge in [0.15, 0.2) is 0 Å². The number of carbonyl (C=O) groups excluding carboxylic acids is 1. The molecule has 114 valence electrons. The number of nitro groups is 1. The smallest absolute Gasteiger partial charge is 0.307 e. The van der Waals surface area contributed by atoms with Gasteiger partial charge in [0.05, 0.1) is 29.2 Å². The van der Waals surface area contributed by atoms with Gasteiger partial charge in [-0.1, -0.05) is 11.6 Å². The molecule has 1 fully saturated rings. The zero-order chi connectivity index (χ0) is 15.4. The summed E-state index contributed by atoms with van der Waals surface area (Å²) in [6, 6.07) is 4.45. The lowest BCUT2D eigenvalue weighted by molar-refractivity contribution is -0.384. The van der Waals surface area contributed by atoms with Crippen molar-refractivity contribution in [2.24, 2.45) is 0 Å². The van der Waals surface area contributed by atoms with E-state index >= 15 is 0 Å². The molecular formula is C14H17ClN2O4. The molecule has 1 aliphatic rings. The second-order valence-corrected chi connectivity index (χ2v) is 5.42. The molecule has 21 heavy (non-hydrogen) atoms. The van der Waals surface area contributed by atoms with E-state index in [1.807, 2.05) is 4.90 Å². The highest BCUT2D eigenvalue weighted by atomic mass is 35.5. The van der Waals surface area contributed by atoms with E-state index in [4.69, 9.17) is 16.3 Å². The molecule has 1 aromatic rings. The highest BCUT2D eigenvalue weighted by Gasteiger charge is 2.27. The molecule has 0 N–H and O–H groups in total. The normalized spacial score (nSPS) is 18.4. The number of carbonyl (C=O) groups is 1. The number of hydrogen-bond acceptors (Lipinski definition) is 5. The first-order valence-corrected chi connectivity index (χ1v) is 7.18. The van der Waals surface area contributed by atoms with E-state index in [0.717, 1.165) is 31.5 Å². The lowest BCUT2D eigenvalue weighted by Crippen LogP contribution is -2.41. The quantitative estimate of drug-likeness (QED) is 0.485. The molecule has 0 spiro atoms. The second-order valence-electron chi connectivity index (χ2n) is 5.02. The molecule has 1 saturated heterocycles. The van der Waals surface area contributed by atoms with E-state index in [9.17, 15) is 14.9 Å². The van der Waals surface area contributed by atoms with Gasteiger partial charge in [0.25, 0.3) is 5.69 Å². The van der Waals surface area contributed by atoms with Crippen LogP contribution >= 0.6 is 11.6 Å². The molecule has 1 aliphatic heterocycles. The maximum Gasteiger partial charge on any atom is 0.307 e. The van der Waals surface area contributed by atoms with Crippen LogP contribution in [0.5, 0.6) is 0 Å². The topological polar surface area (TPSA) is 72.7 Å². The molecule has 0 bridgehead atoms. The Morgan fingerprint density at radius 1 is 1.52 bits per heavy atom. The van der Waals surface area contributed by atoms with Crippen molar-refractivity contribution in [2.45, 2.75) is 31.7 Å². The van der Waals surface area contributed by atoms with Crippen LogP contribution in [0, 0.1) is 10.1 Å². The van der Waals surface area contributed by atoms with Crippen molar-refractivity contribution in [3.8, 4) is 0 Å². The minimum Gasteiger partial charge on any atom is -0.469 e. The zero-order valence-corrected chi connectivity index (χ0v) is 12.5. The van der Waals surface area contributed by atoms with E-state index in [1.54, 1.807) is 6.07 Å². The largest absolute Gasteiger partial charge is 0.469 e. The van der Waals surface area contributed by atoms with Gasteiger partial charge in [-0.2, -0.15) is 0 Å². The fraction of sp³-hybridized carbons (Fsp3) is 0.500. The summed E-state index contributed by atoms with van der Waals surface area (Å²) in [6.07, 6.45) is 3.22. The van der Waals surface area contributed by atoms with Crippen molar-refractivity contribution in [1.29, 1.82) is 0 Å². The monoisotopic (exact) mass is 312 g/mol. The van der Waals surface area contributed by atoms with E-state index in [1.165, 1.54) is 19.2 Å². The van der Waals surface area contributed by atoms with Crippen LogP contribution in [0.3, 0.4) is 0 Å². The Bertz CT molecular complexity index is 550. The predicted molar refractivity (Wildman–Crippen MR) is 79.7 cm³/mol. The number of halogens is 1. The van der Waals surface area contributed by atoms with Crippen LogP contribution in [0.4, 0.5) is 11.4 Å². The molecule has 0 amide bonds. The lowest BCUT2D eigenvalue weighted by atomic mass is 9.98. The molecule has 0 radical (unpaired) electrons. The molecule has 1 aromatic carbocycles. The van der Waals surface area contributed by atoms with Crippen molar-refractivity contribution >= 4 is 28.9 Å². The SMILES string of the molecule is COC(=O)CC1CCCCN1c1ccc([N+](=O)[O-])cc1Cl. The van der Waals surface area contributed by atoms with Crippen LogP contribution in [0.1, 0.15) is 25.7 Å². The summed E-state index contributed by atoms with van der Waals surface area (Å²) < 4.78 is 4.73. The first-order valence-electron chi connectivity index (χ1n) is 6.80. The number of nitrogens with zero attached hydrogens (tertiary/aromatic N) is 2. The summed E-state index contributed by atoms with van der Waals surface area (Å²) in [4.78, 5) is 23.8. The minimum atomic E-state index is -0.474. The minimum absolute atomic E-state index is 0.0187. The Morgan fingerprint density at radius 3 is 2.90 bits per heavy atom. The van der Waals surface area contributed by atoms with E-state index < -0.39 is 4.92 Å². The third-order valence-electron chi connectivity index (χ3n) is 3.71. The maximum absolute atomic E-state index is 11.5. The number of rotatable bonds is 4. The van der Waals surface area contributed by atoms with Crippen molar-refractivity contribution in [3.05, 3.63) is 33.3 Å². The fourth-order valence-electron chi connectivity index (χ4n) is 2.65. The Kier molecular flexibility index (Phi) is 5.01. The Labute approximate surface area is 127 Å². The van der Waals surface area contributed by atoms with Crippen molar-refractivity contribution in [2.75, 3.05) is 18.6 Å². The van der Waals surface area contributed by atoms with E-state index in [0.29, 0.717) is 11.4 Å². The number of methoxy groups -OCH3 is 1. The van der Waals surface area contributed by atoms with Gasteiger partial charge >= 0.3 is 5.97 Å². The summed E-state index contributed by atoms with van der Waals surface area (Å²) in [5.41, 5.74) is 0.696. The number of esters is 1. The van der Waals surface area contributed by atoms with Crippen molar-refractivity contribution < 1.29 is 14.5 Å². The average molecular weight is 313 g/mol. The molecule has 1 unspecified atom stereocenters. The summed E-state index contributed by atoms with van der Waals surface area (Å²) in [5.74, 6) is -0.259. The van der Waals surface area contributed by atoms with Crippen LogP contribution < -0.4 is 4.90 Å². The summed E-state index contributed by atoms with van der Waals surface area (Å²) in [5, 5.41) is 11.1. The number of piperidine rings is 1. The fourth-order valence-corrected chi connectivity index (χ4v) is 2.93. The zero-order valence-electron chi connectivity index (χ0n) is 11.8. The number of benzene rings is 1. The summed E-state index contributed by atoms with van der Waals surface area (Å²) >= 11 is 6.18. The molecule has 7 heteroatoms. The average Bonchev–Trinajstić information content (AvgIpc) is 2.47. The van der Waals surface area contributed by atoms with Gasteiger partial charge in [-0.05, 0) is 25.3 Å². The Balaban J connectivity index is 2.24. The Hall–Kier alpha value is -1.82. The van der Waals surface area contributed by atoms with Crippen molar-refractivity contribution in [1.82, 2.24) is 0 Å². The van der Waals surface area contributed by atoms with Gasteiger partial charge in [0.2, 0.25) is 0 Å². The van der Waals surface area contributed by atoms with E-state index in [-0.39, 0.29) is 17.7 Å². The summed E-state index contributed by atoms with van der Waals surface area (Å²) in [6.45, 7) is 0.777. The second kappa shape index (κ2) is 6.76. The highest BCUT2D eigenvalue weighted by Crippen LogP contribution is 2.34. The molecule has 6 nitrogen and oxygen atoms in total. The molecule has 2 rings (SSSR count). The third kappa shape index (κ3) is 3.64. The number of nitro benzene ring substituents is 1. The summed E-state index contributed by atoms with van der Waals surface area (Å²) in [7, 11) is 1.37. The third-order valence-corrected chi connectivity index (χ3v) is 4.01. The van der Waals surface area contributed by atoms with Gasteiger partial charge in [0, 0.05) is 24.7 Å².